The maximum atomic E-state index is 5.73. The van der Waals surface area contributed by atoms with E-state index in [1.165, 1.54) is 0 Å². The average molecular weight is 349 g/mol. The molecule has 1 aromatic heterocycles. The first kappa shape index (κ1) is 19.3. The summed E-state index contributed by atoms with van der Waals surface area (Å²) in [5, 5.41) is 0. The van der Waals surface area contributed by atoms with Crippen LogP contribution >= 0.6 is 0 Å². The molecule has 0 N–H and O–H groups in total. The molecule has 0 saturated carbocycles. The van der Waals surface area contributed by atoms with Crippen LogP contribution in [0.2, 0.25) is 25.7 Å². The molecule has 0 unspecified atom stereocenters. The fraction of sp³-hybridized carbons (Fsp3) is 0.706. The molecule has 0 atom stereocenters. The quantitative estimate of drug-likeness (QED) is 0.400. The van der Waals surface area contributed by atoms with Crippen molar-refractivity contribution in [2.45, 2.75) is 32.6 Å². The Labute approximate surface area is 148 Å². The zero-order valence-corrected chi connectivity index (χ0v) is 17.0. The maximum absolute atomic E-state index is 5.73. The van der Waals surface area contributed by atoms with E-state index < -0.39 is 8.07 Å². The zero-order chi connectivity index (χ0) is 17.6. The molecule has 0 aromatic carbocycles. The minimum Gasteiger partial charge on any atom is -0.467 e. The number of hydrogen-bond acceptors (Lipinski definition) is 5. The Morgan fingerprint density at radius 3 is 2.46 bits per heavy atom. The van der Waals surface area contributed by atoms with Gasteiger partial charge in [-0.25, -0.2) is 4.98 Å². The van der Waals surface area contributed by atoms with Crippen molar-refractivity contribution in [2.75, 3.05) is 51.0 Å². The van der Waals surface area contributed by atoms with Gasteiger partial charge >= 0.3 is 0 Å². The van der Waals surface area contributed by atoms with Crippen molar-refractivity contribution in [3.8, 4) is 5.75 Å². The third-order valence-electron chi connectivity index (χ3n) is 4.46. The summed E-state index contributed by atoms with van der Waals surface area (Å²) in [6.07, 6.45) is 0. The monoisotopic (exact) mass is 349 g/mol. The van der Waals surface area contributed by atoms with Gasteiger partial charge in [0.15, 0.2) is 14.6 Å². The number of aromatic nitrogens is 1. The average Bonchev–Trinajstić information content (AvgIpc) is 2.55. The van der Waals surface area contributed by atoms with Crippen molar-refractivity contribution in [1.82, 2.24) is 9.88 Å². The summed E-state index contributed by atoms with van der Waals surface area (Å²) in [7, 11) is 0.969. The Bertz CT molecular complexity index is 517. The zero-order valence-electron chi connectivity index (χ0n) is 16.0. The lowest BCUT2D eigenvalue weighted by Gasteiger charge is -2.35. The van der Waals surface area contributed by atoms with Gasteiger partial charge in [0.05, 0.1) is 0 Å². The highest BCUT2D eigenvalue weighted by Crippen LogP contribution is 2.16. The molecule has 24 heavy (non-hydrogen) atoms. The Balaban J connectivity index is 1.80. The standard InChI is InChI=1S/C17H32BN3O2Si/c1-5-20-8-10-21(11-9-20)16-7-6-15(17(18)19-16)23-14-22-12-13-24(2,3)4/h6-7H,5,8-14,18H2,1-4H3. The van der Waals surface area contributed by atoms with E-state index in [1.807, 2.05) is 13.9 Å². The van der Waals surface area contributed by atoms with Crippen LogP contribution in [0.3, 0.4) is 0 Å². The van der Waals surface area contributed by atoms with Crippen LogP contribution in [0.15, 0.2) is 12.1 Å². The van der Waals surface area contributed by atoms with Crippen LogP contribution in [0.5, 0.6) is 5.75 Å². The summed E-state index contributed by atoms with van der Waals surface area (Å²) in [6, 6.07) is 5.24. The van der Waals surface area contributed by atoms with Gasteiger partial charge in [-0.2, -0.15) is 0 Å². The van der Waals surface area contributed by atoms with Crippen LogP contribution in [0.1, 0.15) is 6.92 Å². The van der Waals surface area contributed by atoms with Gasteiger partial charge in [-0.3, -0.25) is 0 Å². The normalized spacial score (nSPS) is 16.4. The van der Waals surface area contributed by atoms with E-state index in [2.05, 4.69) is 42.4 Å². The van der Waals surface area contributed by atoms with Crippen molar-refractivity contribution in [3.63, 3.8) is 0 Å². The number of likely N-dealkylation sites (N-methyl/N-ethyl adjacent to an activating group) is 1. The fourth-order valence-corrected chi connectivity index (χ4v) is 3.46. The van der Waals surface area contributed by atoms with Crippen LogP contribution < -0.4 is 15.2 Å². The lowest BCUT2D eigenvalue weighted by Crippen LogP contribution is -2.46. The second-order valence-corrected chi connectivity index (χ2v) is 13.3. The topological polar surface area (TPSA) is 37.8 Å². The fourth-order valence-electron chi connectivity index (χ4n) is 2.70. The Morgan fingerprint density at radius 1 is 1.17 bits per heavy atom. The smallest absolute Gasteiger partial charge is 0.189 e. The van der Waals surface area contributed by atoms with Crippen molar-refractivity contribution >= 4 is 27.3 Å². The number of anilines is 1. The van der Waals surface area contributed by atoms with Gasteiger partial charge in [-0.05, 0) is 24.7 Å². The van der Waals surface area contributed by atoms with Gasteiger partial charge in [0.25, 0.3) is 0 Å². The summed E-state index contributed by atoms with van der Waals surface area (Å²) in [5.41, 5.74) is 0.930. The van der Waals surface area contributed by atoms with Crippen molar-refractivity contribution in [3.05, 3.63) is 12.1 Å². The molecule has 134 valence electrons. The summed E-state index contributed by atoms with van der Waals surface area (Å²) in [5.74, 6) is 1.87. The number of ether oxygens (including phenoxy) is 2. The predicted octanol–water partition coefficient (Wildman–Crippen LogP) is 1.17. The molecule has 7 heteroatoms. The summed E-state index contributed by atoms with van der Waals surface area (Å²) < 4.78 is 11.3. The van der Waals surface area contributed by atoms with Gasteiger partial charge in [0, 0.05) is 46.5 Å². The second kappa shape index (κ2) is 8.87. The third kappa shape index (κ3) is 6.11. The van der Waals surface area contributed by atoms with Gasteiger partial charge in [0.2, 0.25) is 0 Å². The Kier molecular flexibility index (Phi) is 7.13. The second-order valence-electron chi connectivity index (χ2n) is 7.66. The van der Waals surface area contributed by atoms with Crippen molar-refractivity contribution in [2.24, 2.45) is 0 Å². The molecule has 1 aromatic rings. The molecular weight excluding hydrogens is 317 g/mol. The van der Waals surface area contributed by atoms with Crippen LogP contribution in [-0.4, -0.2) is 71.9 Å². The first-order chi connectivity index (χ1) is 11.4. The van der Waals surface area contributed by atoms with E-state index in [1.54, 1.807) is 0 Å². The van der Waals surface area contributed by atoms with Gasteiger partial charge in [0.1, 0.15) is 11.6 Å². The van der Waals surface area contributed by atoms with Crippen LogP contribution in [0.25, 0.3) is 0 Å². The van der Waals surface area contributed by atoms with Gasteiger partial charge in [-0.1, -0.05) is 26.6 Å². The summed E-state index contributed by atoms with van der Waals surface area (Å²) >= 11 is 0. The minimum atomic E-state index is -1.03. The largest absolute Gasteiger partial charge is 0.467 e. The molecular formula is C17H32BN3O2Si. The minimum absolute atomic E-state index is 0.307. The number of piperazine rings is 1. The highest BCUT2D eigenvalue weighted by Gasteiger charge is 2.17. The maximum Gasteiger partial charge on any atom is 0.189 e. The highest BCUT2D eigenvalue weighted by atomic mass is 28.3. The number of nitrogens with zero attached hydrogens (tertiary/aromatic N) is 3. The predicted molar refractivity (Wildman–Crippen MR) is 106 cm³/mol. The van der Waals surface area contributed by atoms with Gasteiger partial charge < -0.3 is 19.3 Å². The molecule has 0 bridgehead atoms. The first-order valence-corrected chi connectivity index (χ1v) is 12.8. The molecule has 0 amide bonds. The van der Waals surface area contributed by atoms with Crippen LogP contribution in [0, 0.1) is 0 Å². The van der Waals surface area contributed by atoms with Crippen molar-refractivity contribution in [1.29, 1.82) is 0 Å². The van der Waals surface area contributed by atoms with E-state index in [4.69, 9.17) is 14.5 Å². The molecule has 2 rings (SSSR count). The SMILES string of the molecule is Bc1nc(N2CCN(CC)CC2)ccc1OCOCC[Si](C)(C)C. The molecule has 0 aliphatic carbocycles. The van der Waals surface area contributed by atoms with E-state index in [0.29, 0.717) is 6.79 Å². The van der Waals surface area contributed by atoms with Gasteiger partial charge in [-0.15, -0.1) is 0 Å². The first-order valence-electron chi connectivity index (χ1n) is 9.04. The highest BCUT2D eigenvalue weighted by molar-refractivity contribution is 6.76. The Hall–Kier alpha value is -1.05. The molecule has 5 nitrogen and oxygen atoms in total. The molecule has 0 spiro atoms. The lowest BCUT2D eigenvalue weighted by molar-refractivity contribution is 0.0225. The molecule has 1 aliphatic rings. The van der Waals surface area contributed by atoms with E-state index >= 15 is 0 Å². The number of hydrogen-bond donors (Lipinski definition) is 0. The van der Waals surface area contributed by atoms with E-state index in [-0.39, 0.29) is 0 Å². The summed E-state index contributed by atoms with van der Waals surface area (Å²) in [6.45, 7) is 15.8. The number of rotatable bonds is 8. The van der Waals surface area contributed by atoms with Crippen molar-refractivity contribution < 1.29 is 9.47 Å². The molecule has 2 heterocycles. The molecule has 1 saturated heterocycles. The molecule has 1 fully saturated rings. The van der Waals surface area contributed by atoms with Crippen LogP contribution in [-0.2, 0) is 4.74 Å². The lowest BCUT2D eigenvalue weighted by atomic mass is 10.0. The molecule has 0 radical (unpaired) electrons. The van der Waals surface area contributed by atoms with Crippen LogP contribution in [0.4, 0.5) is 5.82 Å². The van der Waals surface area contributed by atoms with E-state index in [9.17, 15) is 0 Å². The number of pyridine rings is 1. The third-order valence-corrected chi connectivity index (χ3v) is 6.16. The Morgan fingerprint density at radius 2 is 1.88 bits per heavy atom. The summed E-state index contributed by atoms with van der Waals surface area (Å²) in [4.78, 5) is 9.54. The van der Waals surface area contributed by atoms with E-state index in [0.717, 1.165) is 62.5 Å². The molecule has 1 aliphatic heterocycles.